The summed E-state index contributed by atoms with van der Waals surface area (Å²) in [5, 5.41) is 3.26. The lowest BCUT2D eigenvalue weighted by molar-refractivity contribution is 0.0560. The lowest BCUT2D eigenvalue weighted by Crippen LogP contribution is -2.08. The molecule has 0 amide bonds. The van der Waals surface area contributed by atoms with Crippen LogP contribution in [0.25, 0.3) is 0 Å². The molecule has 2 nitrogen and oxygen atoms in total. The normalized spacial score (nSPS) is 16.8. The van der Waals surface area contributed by atoms with Crippen molar-refractivity contribution >= 4 is 22.9 Å². The van der Waals surface area contributed by atoms with Gasteiger partial charge in [0, 0.05) is 12.0 Å². The van der Waals surface area contributed by atoms with Gasteiger partial charge < -0.3 is 4.74 Å². The second-order valence-electron chi connectivity index (χ2n) is 4.60. The van der Waals surface area contributed by atoms with Crippen LogP contribution in [-0.2, 0) is 17.0 Å². The number of alkyl halides is 1. The molecule has 1 aliphatic carbocycles. The lowest BCUT2D eigenvalue weighted by atomic mass is 10.2. The van der Waals surface area contributed by atoms with Crippen LogP contribution in [0.3, 0.4) is 0 Å². The van der Waals surface area contributed by atoms with E-state index in [1.54, 1.807) is 11.3 Å². The molecule has 1 heterocycles. The van der Waals surface area contributed by atoms with Crippen LogP contribution in [0, 0.1) is 0 Å². The van der Waals surface area contributed by atoms with Crippen molar-refractivity contribution in [3.8, 4) is 0 Å². The Morgan fingerprint density at radius 3 is 2.88 bits per heavy atom. The minimum absolute atomic E-state index is 0.529. The van der Waals surface area contributed by atoms with Crippen molar-refractivity contribution in [1.29, 1.82) is 0 Å². The molecule has 0 spiro atoms. The zero-order valence-electron chi connectivity index (χ0n) is 10.2. The fourth-order valence-electron chi connectivity index (χ4n) is 2.21. The highest BCUT2D eigenvalue weighted by Gasteiger charge is 2.14. The van der Waals surface area contributed by atoms with Gasteiger partial charge in [-0.15, -0.1) is 22.9 Å². The van der Waals surface area contributed by atoms with E-state index < -0.39 is 0 Å². The van der Waals surface area contributed by atoms with Gasteiger partial charge in [0.2, 0.25) is 0 Å². The summed E-state index contributed by atoms with van der Waals surface area (Å²) in [6, 6.07) is 0. The maximum Gasteiger partial charge on any atom is 0.0928 e. The Balaban J connectivity index is 1.53. The third-order valence-electron chi connectivity index (χ3n) is 3.18. The number of nitrogens with zero attached hydrogens (tertiary/aromatic N) is 1. The Morgan fingerprint density at radius 2 is 2.18 bits per heavy atom. The first-order valence-corrected chi connectivity index (χ1v) is 7.91. The van der Waals surface area contributed by atoms with E-state index in [2.05, 4.69) is 10.4 Å². The first-order chi connectivity index (χ1) is 8.38. The standard InChI is InChI=1S/C13H20ClNOS/c14-9-11-10-17-13(15-11)7-3-4-8-16-12-5-1-2-6-12/h10,12H,1-9H2. The Labute approximate surface area is 112 Å². The highest BCUT2D eigenvalue weighted by molar-refractivity contribution is 7.09. The van der Waals surface area contributed by atoms with Crippen LogP contribution in [-0.4, -0.2) is 17.7 Å². The minimum Gasteiger partial charge on any atom is -0.378 e. The molecule has 0 aromatic carbocycles. The molecule has 1 aromatic rings. The molecule has 0 radical (unpaired) electrons. The van der Waals surface area contributed by atoms with Gasteiger partial charge in [-0.2, -0.15) is 0 Å². The van der Waals surface area contributed by atoms with E-state index in [9.17, 15) is 0 Å². The van der Waals surface area contributed by atoms with Crippen LogP contribution in [0.1, 0.15) is 49.2 Å². The average molecular weight is 274 g/mol. The summed E-state index contributed by atoms with van der Waals surface area (Å²) in [4.78, 5) is 4.45. The number of ether oxygens (including phenoxy) is 1. The molecule has 0 unspecified atom stereocenters. The number of rotatable bonds is 7. The summed E-state index contributed by atoms with van der Waals surface area (Å²) in [6.45, 7) is 0.915. The molecule has 0 atom stereocenters. The number of thiazole rings is 1. The number of aromatic nitrogens is 1. The van der Waals surface area contributed by atoms with Crippen LogP contribution >= 0.6 is 22.9 Å². The predicted octanol–water partition coefficient (Wildman–Crippen LogP) is 4.16. The number of halogens is 1. The monoisotopic (exact) mass is 273 g/mol. The van der Waals surface area contributed by atoms with E-state index in [0.29, 0.717) is 12.0 Å². The van der Waals surface area contributed by atoms with Crippen molar-refractivity contribution in [2.75, 3.05) is 6.61 Å². The molecule has 4 heteroatoms. The number of hydrogen-bond acceptors (Lipinski definition) is 3. The molecule has 1 aromatic heterocycles. The SMILES string of the molecule is ClCc1csc(CCCCOC2CCCC2)n1. The maximum atomic E-state index is 5.83. The first kappa shape index (κ1) is 13.3. The number of unbranched alkanes of at least 4 members (excludes halogenated alkanes) is 1. The summed E-state index contributed by atoms with van der Waals surface area (Å²) in [5.41, 5.74) is 1.01. The highest BCUT2D eigenvalue weighted by Crippen LogP contribution is 2.21. The van der Waals surface area contributed by atoms with Gasteiger partial charge in [0.1, 0.15) is 0 Å². The fraction of sp³-hybridized carbons (Fsp3) is 0.769. The topological polar surface area (TPSA) is 22.1 Å². The Bertz CT molecular complexity index is 323. The van der Waals surface area contributed by atoms with Gasteiger partial charge in [-0.25, -0.2) is 4.98 Å². The second-order valence-corrected chi connectivity index (χ2v) is 5.81. The molecule has 1 fully saturated rings. The molecule has 0 saturated heterocycles. The number of aryl methyl sites for hydroxylation is 1. The highest BCUT2D eigenvalue weighted by atomic mass is 35.5. The molecule has 1 aliphatic rings. The summed E-state index contributed by atoms with van der Waals surface area (Å²) in [7, 11) is 0. The number of hydrogen-bond donors (Lipinski definition) is 0. The van der Waals surface area contributed by atoms with Gasteiger partial charge in [0.15, 0.2) is 0 Å². The zero-order valence-corrected chi connectivity index (χ0v) is 11.7. The van der Waals surface area contributed by atoms with E-state index in [4.69, 9.17) is 16.3 Å². The average Bonchev–Trinajstić information content (AvgIpc) is 2.99. The van der Waals surface area contributed by atoms with Crippen molar-refractivity contribution < 1.29 is 4.74 Å². The van der Waals surface area contributed by atoms with Crippen LogP contribution in [0.15, 0.2) is 5.38 Å². The Morgan fingerprint density at radius 1 is 1.35 bits per heavy atom. The molecule has 2 rings (SSSR count). The smallest absolute Gasteiger partial charge is 0.0928 e. The minimum atomic E-state index is 0.529. The summed E-state index contributed by atoms with van der Waals surface area (Å²) in [6.07, 6.45) is 9.18. The van der Waals surface area contributed by atoms with Crippen molar-refractivity contribution in [1.82, 2.24) is 4.98 Å². The molecule has 1 saturated carbocycles. The van der Waals surface area contributed by atoms with Crippen LogP contribution in [0.5, 0.6) is 0 Å². The van der Waals surface area contributed by atoms with Gasteiger partial charge in [-0.05, 0) is 32.1 Å². The van der Waals surface area contributed by atoms with E-state index in [0.717, 1.165) is 25.1 Å². The molecular weight excluding hydrogens is 254 g/mol. The van der Waals surface area contributed by atoms with Crippen LogP contribution < -0.4 is 0 Å². The summed E-state index contributed by atoms with van der Waals surface area (Å²) in [5.74, 6) is 0.529. The molecule has 96 valence electrons. The second kappa shape index (κ2) is 7.34. The predicted molar refractivity (Wildman–Crippen MR) is 72.8 cm³/mol. The zero-order chi connectivity index (χ0) is 11.9. The lowest BCUT2D eigenvalue weighted by Gasteiger charge is -2.10. The largest absolute Gasteiger partial charge is 0.378 e. The molecule has 0 bridgehead atoms. The summed E-state index contributed by atoms with van der Waals surface area (Å²) >= 11 is 7.44. The van der Waals surface area contributed by atoms with Gasteiger partial charge in [0.05, 0.1) is 22.7 Å². The third-order valence-corrected chi connectivity index (χ3v) is 4.41. The van der Waals surface area contributed by atoms with Crippen molar-refractivity contribution in [3.05, 3.63) is 16.1 Å². The van der Waals surface area contributed by atoms with Crippen molar-refractivity contribution in [2.24, 2.45) is 0 Å². The van der Waals surface area contributed by atoms with E-state index in [-0.39, 0.29) is 0 Å². The van der Waals surface area contributed by atoms with Crippen molar-refractivity contribution in [3.63, 3.8) is 0 Å². The van der Waals surface area contributed by atoms with Gasteiger partial charge in [-0.3, -0.25) is 0 Å². The molecule has 17 heavy (non-hydrogen) atoms. The van der Waals surface area contributed by atoms with E-state index in [1.807, 2.05) is 0 Å². The molecular formula is C13H20ClNOS. The van der Waals surface area contributed by atoms with Crippen molar-refractivity contribution in [2.45, 2.75) is 56.9 Å². The summed E-state index contributed by atoms with van der Waals surface area (Å²) < 4.78 is 5.83. The van der Waals surface area contributed by atoms with Crippen LogP contribution in [0.4, 0.5) is 0 Å². The Kier molecular flexibility index (Phi) is 5.75. The van der Waals surface area contributed by atoms with Gasteiger partial charge in [0.25, 0.3) is 0 Å². The fourth-order valence-corrected chi connectivity index (χ4v) is 3.28. The quantitative estimate of drug-likeness (QED) is 0.550. The molecule has 0 N–H and O–H groups in total. The van der Waals surface area contributed by atoms with E-state index >= 15 is 0 Å². The van der Waals surface area contributed by atoms with Gasteiger partial charge in [-0.1, -0.05) is 12.8 Å². The first-order valence-electron chi connectivity index (χ1n) is 6.49. The van der Waals surface area contributed by atoms with Gasteiger partial charge >= 0.3 is 0 Å². The van der Waals surface area contributed by atoms with E-state index in [1.165, 1.54) is 37.1 Å². The maximum absolute atomic E-state index is 5.83. The molecule has 0 aliphatic heterocycles. The van der Waals surface area contributed by atoms with Crippen LogP contribution in [0.2, 0.25) is 0 Å². The Hall–Kier alpha value is -0.120. The third kappa shape index (κ3) is 4.57.